The Labute approximate surface area is 113 Å². The SMILES string of the molecule is COC1(c2nc(C(C)C)c(CN)s2)CCOCC1. The molecule has 2 rings (SSSR count). The van der Waals surface area contributed by atoms with Crippen molar-refractivity contribution in [2.75, 3.05) is 20.3 Å². The standard InChI is InChI=1S/C13H22N2O2S/c1-9(2)11-10(8-14)18-12(15-11)13(16-3)4-6-17-7-5-13/h9H,4-8,14H2,1-3H3. The zero-order valence-corrected chi connectivity index (χ0v) is 12.2. The fraction of sp³-hybridized carbons (Fsp3) is 0.769. The van der Waals surface area contributed by atoms with E-state index in [0.717, 1.165) is 36.8 Å². The molecule has 0 saturated carbocycles. The van der Waals surface area contributed by atoms with E-state index in [1.165, 1.54) is 4.88 Å². The van der Waals surface area contributed by atoms with Crippen LogP contribution >= 0.6 is 11.3 Å². The van der Waals surface area contributed by atoms with E-state index in [1.807, 2.05) is 0 Å². The summed E-state index contributed by atoms with van der Waals surface area (Å²) >= 11 is 1.70. The summed E-state index contributed by atoms with van der Waals surface area (Å²) in [5.41, 5.74) is 6.68. The molecule has 0 radical (unpaired) electrons. The van der Waals surface area contributed by atoms with Gasteiger partial charge in [-0.2, -0.15) is 0 Å². The molecule has 0 aromatic carbocycles. The molecule has 1 aromatic rings. The van der Waals surface area contributed by atoms with Crippen LogP contribution in [0.5, 0.6) is 0 Å². The van der Waals surface area contributed by atoms with E-state index in [4.69, 9.17) is 20.2 Å². The van der Waals surface area contributed by atoms with Gasteiger partial charge in [-0.3, -0.25) is 0 Å². The number of rotatable bonds is 4. The predicted octanol–water partition coefficient (Wildman–Crippen LogP) is 2.38. The number of nitrogens with zero attached hydrogens (tertiary/aromatic N) is 1. The molecule has 0 spiro atoms. The molecule has 0 amide bonds. The van der Waals surface area contributed by atoms with Gasteiger partial charge in [0.25, 0.3) is 0 Å². The number of hydrogen-bond donors (Lipinski definition) is 1. The zero-order chi connectivity index (χ0) is 13.2. The summed E-state index contributed by atoms with van der Waals surface area (Å²) in [4.78, 5) is 5.99. The molecule has 1 aliphatic heterocycles. The van der Waals surface area contributed by atoms with Crippen LogP contribution in [0.25, 0.3) is 0 Å². The summed E-state index contributed by atoms with van der Waals surface area (Å²) < 4.78 is 11.2. The molecule has 2 N–H and O–H groups in total. The number of methoxy groups -OCH3 is 1. The van der Waals surface area contributed by atoms with E-state index in [0.29, 0.717) is 12.5 Å². The number of thiazole rings is 1. The number of aromatic nitrogens is 1. The minimum atomic E-state index is -0.264. The molecule has 1 aliphatic rings. The lowest BCUT2D eigenvalue weighted by Crippen LogP contribution is -2.35. The minimum Gasteiger partial charge on any atom is -0.381 e. The van der Waals surface area contributed by atoms with Gasteiger partial charge in [0.1, 0.15) is 10.6 Å². The highest BCUT2D eigenvalue weighted by Gasteiger charge is 2.38. The second kappa shape index (κ2) is 5.65. The zero-order valence-electron chi connectivity index (χ0n) is 11.4. The van der Waals surface area contributed by atoms with Gasteiger partial charge in [-0.05, 0) is 5.92 Å². The maximum Gasteiger partial charge on any atom is 0.125 e. The molecule has 0 bridgehead atoms. The first kappa shape index (κ1) is 13.9. The molecule has 0 unspecified atom stereocenters. The maximum absolute atomic E-state index is 5.82. The van der Waals surface area contributed by atoms with Crippen molar-refractivity contribution in [2.24, 2.45) is 5.73 Å². The van der Waals surface area contributed by atoms with E-state index in [-0.39, 0.29) is 5.60 Å². The Morgan fingerprint density at radius 1 is 1.44 bits per heavy atom. The Morgan fingerprint density at radius 3 is 2.56 bits per heavy atom. The van der Waals surface area contributed by atoms with Crippen LogP contribution in [-0.2, 0) is 21.6 Å². The monoisotopic (exact) mass is 270 g/mol. The molecular weight excluding hydrogens is 248 g/mol. The smallest absolute Gasteiger partial charge is 0.125 e. The van der Waals surface area contributed by atoms with Gasteiger partial charge >= 0.3 is 0 Å². The maximum atomic E-state index is 5.82. The molecule has 1 saturated heterocycles. The van der Waals surface area contributed by atoms with Crippen molar-refractivity contribution < 1.29 is 9.47 Å². The molecule has 5 heteroatoms. The number of ether oxygens (including phenoxy) is 2. The third kappa shape index (κ3) is 2.45. The van der Waals surface area contributed by atoms with Crippen molar-refractivity contribution in [2.45, 2.75) is 44.8 Å². The van der Waals surface area contributed by atoms with E-state index < -0.39 is 0 Å². The van der Waals surface area contributed by atoms with E-state index >= 15 is 0 Å². The Balaban J connectivity index is 2.36. The largest absolute Gasteiger partial charge is 0.381 e. The quantitative estimate of drug-likeness (QED) is 0.912. The van der Waals surface area contributed by atoms with Crippen molar-refractivity contribution in [3.05, 3.63) is 15.6 Å². The van der Waals surface area contributed by atoms with E-state index in [1.54, 1.807) is 18.4 Å². The van der Waals surface area contributed by atoms with Crippen molar-refractivity contribution in [3.63, 3.8) is 0 Å². The topological polar surface area (TPSA) is 57.4 Å². The normalized spacial score (nSPS) is 19.4. The van der Waals surface area contributed by atoms with Crippen LogP contribution in [0.3, 0.4) is 0 Å². The Bertz CT molecular complexity index is 398. The van der Waals surface area contributed by atoms with E-state index in [2.05, 4.69) is 13.8 Å². The van der Waals surface area contributed by atoms with Crippen molar-refractivity contribution >= 4 is 11.3 Å². The summed E-state index contributed by atoms with van der Waals surface area (Å²) in [7, 11) is 1.77. The van der Waals surface area contributed by atoms with Gasteiger partial charge in [0.15, 0.2) is 0 Å². The van der Waals surface area contributed by atoms with Gasteiger partial charge in [-0.25, -0.2) is 4.98 Å². The summed E-state index contributed by atoms with van der Waals surface area (Å²) in [6.07, 6.45) is 1.75. The van der Waals surface area contributed by atoms with Crippen LogP contribution in [0, 0.1) is 0 Å². The average molecular weight is 270 g/mol. The van der Waals surface area contributed by atoms with Crippen LogP contribution in [0.4, 0.5) is 0 Å². The molecule has 4 nitrogen and oxygen atoms in total. The van der Waals surface area contributed by atoms with Crippen LogP contribution in [0.1, 0.15) is 48.2 Å². The lowest BCUT2D eigenvalue weighted by molar-refractivity contribution is -0.0949. The van der Waals surface area contributed by atoms with Gasteiger partial charge < -0.3 is 15.2 Å². The molecule has 2 heterocycles. The highest BCUT2D eigenvalue weighted by molar-refractivity contribution is 7.11. The van der Waals surface area contributed by atoms with E-state index in [9.17, 15) is 0 Å². The lowest BCUT2D eigenvalue weighted by atomic mass is 9.95. The summed E-state index contributed by atoms with van der Waals surface area (Å²) in [5, 5.41) is 1.07. The first-order chi connectivity index (χ1) is 8.63. The third-order valence-corrected chi connectivity index (χ3v) is 4.82. The van der Waals surface area contributed by atoms with Gasteiger partial charge in [-0.15, -0.1) is 11.3 Å². The van der Waals surface area contributed by atoms with Crippen molar-refractivity contribution in [3.8, 4) is 0 Å². The molecule has 18 heavy (non-hydrogen) atoms. The second-order valence-electron chi connectivity index (χ2n) is 5.00. The Hall–Kier alpha value is -0.490. The van der Waals surface area contributed by atoms with Gasteiger partial charge in [0.05, 0.1) is 5.69 Å². The first-order valence-corrected chi connectivity index (χ1v) is 7.27. The summed E-state index contributed by atoms with van der Waals surface area (Å²) in [6, 6.07) is 0. The molecule has 0 atom stereocenters. The van der Waals surface area contributed by atoms with Gasteiger partial charge in [-0.1, -0.05) is 13.8 Å². The minimum absolute atomic E-state index is 0.264. The lowest BCUT2D eigenvalue weighted by Gasteiger charge is -2.33. The molecule has 102 valence electrons. The van der Waals surface area contributed by atoms with Crippen LogP contribution < -0.4 is 5.73 Å². The Kier molecular flexibility index (Phi) is 4.37. The average Bonchev–Trinajstić information content (AvgIpc) is 2.84. The second-order valence-corrected chi connectivity index (χ2v) is 6.08. The molecule has 1 aromatic heterocycles. The van der Waals surface area contributed by atoms with Gasteiger partial charge in [0, 0.05) is 44.6 Å². The first-order valence-electron chi connectivity index (χ1n) is 6.46. The molecule has 0 aliphatic carbocycles. The summed E-state index contributed by atoms with van der Waals surface area (Å²) in [5.74, 6) is 0.405. The Morgan fingerprint density at radius 2 is 2.11 bits per heavy atom. The number of nitrogens with two attached hydrogens (primary N) is 1. The fourth-order valence-corrected chi connectivity index (χ4v) is 3.68. The van der Waals surface area contributed by atoms with Crippen LogP contribution in [0.2, 0.25) is 0 Å². The van der Waals surface area contributed by atoms with Gasteiger partial charge in [0.2, 0.25) is 0 Å². The van der Waals surface area contributed by atoms with Crippen molar-refractivity contribution in [1.29, 1.82) is 0 Å². The molecule has 1 fully saturated rings. The van der Waals surface area contributed by atoms with Crippen LogP contribution in [0.15, 0.2) is 0 Å². The number of hydrogen-bond acceptors (Lipinski definition) is 5. The molecular formula is C13H22N2O2S. The highest BCUT2D eigenvalue weighted by atomic mass is 32.1. The highest BCUT2D eigenvalue weighted by Crippen LogP contribution is 2.39. The third-order valence-electron chi connectivity index (χ3n) is 3.54. The predicted molar refractivity (Wildman–Crippen MR) is 72.8 cm³/mol. The van der Waals surface area contributed by atoms with Crippen molar-refractivity contribution in [1.82, 2.24) is 4.98 Å². The fourth-order valence-electron chi connectivity index (χ4n) is 2.36. The summed E-state index contributed by atoms with van der Waals surface area (Å²) in [6.45, 7) is 6.34. The van der Waals surface area contributed by atoms with Crippen LogP contribution in [-0.4, -0.2) is 25.3 Å².